The van der Waals surface area contributed by atoms with Crippen molar-refractivity contribution in [3.05, 3.63) is 64.6 Å². The summed E-state index contributed by atoms with van der Waals surface area (Å²) in [6, 6.07) is 7.50. The molecular formula is C22H19ClF4N6O2. The molecule has 0 unspecified atom stereocenters. The summed E-state index contributed by atoms with van der Waals surface area (Å²) in [5.74, 6) is -0.829. The fourth-order valence-corrected chi connectivity index (χ4v) is 3.60. The summed E-state index contributed by atoms with van der Waals surface area (Å²) in [6.07, 6.45) is -3.49. The molecule has 1 fully saturated rings. The molecule has 13 heteroatoms. The molecule has 8 nitrogen and oxygen atoms in total. The van der Waals surface area contributed by atoms with Crippen LogP contribution < -0.4 is 10.2 Å². The van der Waals surface area contributed by atoms with Gasteiger partial charge in [-0.1, -0.05) is 17.7 Å². The van der Waals surface area contributed by atoms with Gasteiger partial charge in [0.25, 0.3) is 5.95 Å². The Morgan fingerprint density at radius 2 is 1.91 bits per heavy atom. The summed E-state index contributed by atoms with van der Waals surface area (Å²) in [4.78, 5) is 9.63. The van der Waals surface area contributed by atoms with Crippen molar-refractivity contribution in [3.63, 3.8) is 0 Å². The average molecular weight is 511 g/mol. The number of hydrogen-bond acceptors (Lipinski definition) is 8. The van der Waals surface area contributed by atoms with Gasteiger partial charge in [0.15, 0.2) is 11.6 Å². The Morgan fingerprint density at radius 3 is 2.66 bits per heavy atom. The van der Waals surface area contributed by atoms with Gasteiger partial charge in [-0.3, -0.25) is 0 Å². The molecule has 184 valence electrons. The number of hydrogen-bond donors (Lipinski definition) is 2. The third-order valence-electron chi connectivity index (χ3n) is 5.05. The summed E-state index contributed by atoms with van der Waals surface area (Å²) >= 11 is 6.08. The fourth-order valence-electron chi connectivity index (χ4n) is 3.36. The Labute approximate surface area is 202 Å². The first-order chi connectivity index (χ1) is 16.7. The van der Waals surface area contributed by atoms with Gasteiger partial charge in [0.2, 0.25) is 0 Å². The van der Waals surface area contributed by atoms with Crippen LogP contribution in [-0.2, 0) is 17.5 Å². The maximum Gasteiger partial charge on any atom is 0.416 e. The van der Waals surface area contributed by atoms with Gasteiger partial charge >= 0.3 is 6.18 Å². The molecule has 0 saturated carbocycles. The number of halogens is 5. The van der Waals surface area contributed by atoms with Gasteiger partial charge < -0.3 is 20.1 Å². The minimum atomic E-state index is -4.49. The van der Waals surface area contributed by atoms with E-state index in [1.54, 1.807) is 4.90 Å². The molecule has 0 aliphatic carbocycles. The van der Waals surface area contributed by atoms with Gasteiger partial charge in [-0.2, -0.15) is 23.3 Å². The lowest BCUT2D eigenvalue weighted by atomic mass is 10.1. The number of phenolic OH excluding ortho intramolecular Hbond substituents is 1. The van der Waals surface area contributed by atoms with Crippen LogP contribution in [0.4, 0.5) is 40.7 Å². The van der Waals surface area contributed by atoms with Crippen molar-refractivity contribution >= 4 is 34.7 Å². The number of benzene rings is 2. The van der Waals surface area contributed by atoms with Crippen molar-refractivity contribution < 1.29 is 27.4 Å². The molecule has 2 heterocycles. The van der Waals surface area contributed by atoms with Crippen molar-refractivity contribution in [1.29, 1.82) is 0 Å². The van der Waals surface area contributed by atoms with Gasteiger partial charge in [0.1, 0.15) is 5.75 Å². The van der Waals surface area contributed by atoms with E-state index in [4.69, 9.17) is 16.3 Å². The number of ether oxygens (including phenoxy) is 1. The van der Waals surface area contributed by atoms with Crippen molar-refractivity contribution in [2.45, 2.75) is 12.7 Å². The van der Waals surface area contributed by atoms with Crippen LogP contribution in [0.15, 0.2) is 52.8 Å². The lowest BCUT2D eigenvalue weighted by molar-refractivity contribution is -0.137. The van der Waals surface area contributed by atoms with Crippen molar-refractivity contribution in [2.24, 2.45) is 10.2 Å². The summed E-state index contributed by atoms with van der Waals surface area (Å²) in [5, 5.41) is 20.9. The van der Waals surface area contributed by atoms with E-state index in [0.29, 0.717) is 32.0 Å². The number of nitrogens with one attached hydrogen (secondary N) is 1. The van der Waals surface area contributed by atoms with Crippen LogP contribution in [0.5, 0.6) is 5.75 Å². The SMILES string of the molecule is Oc1c(Cl)cc(Nc2cccc(C(F)(F)F)c2)cc1CN=Nc1ncc(F)c(N2CCOCC2)n1. The lowest BCUT2D eigenvalue weighted by Crippen LogP contribution is -2.37. The largest absolute Gasteiger partial charge is 0.506 e. The van der Waals surface area contributed by atoms with Crippen LogP contribution in [-0.4, -0.2) is 41.4 Å². The van der Waals surface area contributed by atoms with Crippen molar-refractivity contribution in [1.82, 2.24) is 9.97 Å². The zero-order valence-corrected chi connectivity index (χ0v) is 18.8. The molecular weight excluding hydrogens is 492 g/mol. The average Bonchev–Trinajstić information content (AvgIpc) is 2.83. The minimum absolute atomic E-state index is 0.0280. The number of aromatic hydroxyl groups is 1. The monoisotopic (exact) mass is 510 g/mol. The maximum atomic E-state index is 14.2. The highest BCUT2D eigenvalue weighted by molar-refractivity contribution is 6.32. The van der Waals surface area contributed by atoms with Crippen LogP contribution >= 0.6 is 11.6 Å². The smallest absolute Gasteiger partial charge is 0.416 e. The van der Waals surface area contributed by atoms with E-state index < -0.39 is 17.6 Å². The number of phenols is 1. The number of morpholine rings is 1. The number of azo groups is 1. The molecule has 0 radical (unpaired) electrons. The number of aromatic nitrogens is 2. The van der Waals surface area contributed by atoms with Crippen molar-refractivity contribution in [2.75, 3.05) is 36.5 Å². The molecule has 1 aromatic heterocycles. The highest BCUT2D eigenvalue weighted by Crippen LogP contribution is 2.35. The Kier molecular flexibility index (Phi) is 7.31. The first-order valence-electron chi connectivity index (χ1n) is 10.4. The predicted molar refractivity (Wildman–Crippen MR) is 121 cm³/mol. The summed E-state index contributed by atoms with van der Waals surface area (Å²) in [7, 11) is 0. The van der Waals surface area contributed by atoms with E-state index in [1.807, 2.05) is 0 Å². The normalized spacial score (nSPS) is 14.5. The Bertz CT molecular complexity index is 1240. The molecule has 0 bridgehead atoms. The molecule has 0 spiro atoms. The van der Waals surface area contributed by atoms with E-state index >= 15 is 0 Å². The van der Waals surface area contributed by atoms with E-state index in [0.717, 1.165) is 18.3 Å². The molecule has 2 aromatic carbocycles. The highest BCUT2D eigenvalue weighted by atomic mass is 35.5. The number of alkyl halides is 3. The second-order valence-electron chi connectivity index (χ2n) is 7.51. The summed E-state index contributed by atoms with van der Waals surface area (Å²) in [6.45, 7) is 1.71. The quantitative estimate of drug-likeness (QED) is 0.245. The molecule has 3 aromatic rings. The van der Waals surface area contributed by atoms with E-state index in [2.05, 4.69) is 25.5 Å². The lowest BCUT2D eigenvalue weighted by Gasteiger charge is -2.27. The summed E-state index contributed by atoms with van der Waals surface area (Å²) in [5.41, 5.74) is -0.0298. The number of rotatable bonds is 6. The van der Waals surface area contributed by atoms with Crippen LogP contribution in [0.3, 0.4) is 0 Å². The van der Waals surface area contributed by atoms with E-state index in [1.165, 1.54) is 24.3 Å². The van der Waals surface area contributed by atoms with E-state index in [-0.39, 0.29) is 40.3 Å². The molecule has 0 amide bonds. The molecule has 35 heavy (non-hydrogen) atoms. The standard InChI is InChI=1S/C22H19ClF4N6O2/c23-17-10-16(30-15-3-1-2-14(9-15)22(25,26)27)8-13(19(17)34)11-29-32-21-28-12-18(24)20(31-21)33-4-6-35-7-5-33/h1-3,8-10,12,30,34H,4-7,11H2. The zero-order chi connectivity index (χ0) is 25.0. The second kappa shape index (κ2) is 10.4. The molecule has 1 aliphatic rings. The molecule has 0 atom stereocenters. The third kappa shape index (κ3) is 6.14. The van der Waals surface area contributed by atoms with Gasteiger partial charge in [-0.05, 0) is 30.3 Å². The highest BCUT2D eigenvalue weighted by Gasteiger charge is 2.30. The van der Waals surface area contributed by atoms with Gasteiger partial charge in [0, 0.05) is 30.0 Å². The Balaban J connectivity index is 1.50. The minimum Gasteiger partial charge on any atom is -0.506 e. The topological polar surface area (TPSA) is 95.2 Å². The summed E-state index contributed by atoms with van der Waals surface area (Å²) < 4.78 is 58.3. The zero-order valence-electron chi connectivity index (χ0n) is 18.1. The Morgan fingerprint density at radius 1 is 1.14 bits per heavy atom. The molecule has 1 aliphatic heterocycles. The van der Waals surface area contributed by atoms with Gasteiger partial charge in [-0.25, -0.2) is 9.37 Å². The predicted octanol–water partition coefficient (Wildman–Crippen LogP) is 5.86. The second-order valence-corrected chi connectivity index (χ2v) is 7.92. The van der Waals surface area contributed by atoms with Gasteiger partial charge in [0.05, 0.1) is 36.5 Å². The number of anilines is 3. The fraction of sp³-hybridized carbons (Fsp3) is 0.273. The first-order valence-corrected chi connectivity index (χ1v) is 10.8. The van der Waals surface area contributed by atoms with Crippen LogP contribution in [0.25, 0.3) is 0 Å². The van der Waals surface area contributed by atoms with Gasteiger partial charge in [-0.15, -0.1) is 5.11 Å². The van der Waals surface area contributed by atoms with Crippen LogP contribution in [0.1, 0.15) is 11.1 Å². The third-order valence-corrected chi connectivity index (χ3v) is 5.33. The van der Waals surface area contributed by atoms with Crippen molar-refractivity contribution in [3.8, 4) is 5.75 Å². The van der Waals surface area contributed by atoms with Crippen LogP contribution in [0.2, 0.25) is 5.02 Å². The Hall–Kier alpha value is -3.51. The van der Waals surface area contributed by atoms with E-state index in [9.17, 15) is 22.7 Å². The molecule has 1 saturated heterocycles. The number of nitrogens with zero attached hydrogens (tertiary/aromatic N) is 5. The first kappa shape index (κ1) is 24.6. The molecule has 2 N–H and O–H groups in total. The molecule has 4 rings (SSSR count). The maximum absolute atomic E-state index is 14.2. The van der Waals surface area contributed by atoms with Crippen LogP contribution in [0, 0.1) is 5.82 Å².